The molecule has 3 rings (SSSR count). The van der Waals surface area contributed by atoms with Gasteiger partial charge in [-0.3, -0.25) is 4.90 Å². The summed E-state index contributed by atoms with van der Waals surface area (Å²) in [7, 11) is 0. The zero-order chi connectivity index (χ0) is 20.1. The predicted octanol–water partition coefficient (Wildman–Crippen LogP) is 2.73. The van der Waals surface area contributed by atoms with E-state index in [1.54, 1.807) is 4.90 Å². The Kier molecular flexibility index (Phi) is 7.35. The zero-order valence-corrected chi connectivity index (χ0v) is 17.1. The number of aliphatic hydroxyl groups excluding tert-OH is 1. The van der Waals surface area contributed by atoms with Crippen LogP contribution in [0.3, 0.4) is 0 Å². The van der Waals surface area contributed by atoms with E-state index in [4.69, 9.17) is 21.1 Å². The van der Waals surface area contributed by atoms with Gasteiger partial charge in [0, 0.05) is 30.2 Å². The summed E-state index contributed by atoms with van der Waals surface area (Å²) in [6.07, 6.45) is 2.17. The lowest BCUT2D eigenvalue weighted by molar-refractivity contribution is -0.105. The van der Waals surface area contributed by atoms with Crippen LogP contribution in [0.15, 0.2) is 36.9 Å². The van der Waals surface area contributed by atoms with Crippen molar-refractivity contribution in [3.05, 3.63) is 47.5 Å². The van der Waals surface area contributed by atoms with Crippen LogP contribution in [0.2, 0.25) is 5.02 Å². The van der Waals surface area contributed by atoms with Crippen LogP contribution in [0.4, 0.5) is 4.79 Å². The number of morpholine rings is 1. The van der Waals surface area contributed by atoms with Crippen LogP contribution >= 0.6 is 11.6 Å². The highest BCUT2D eigenvalue weighted by molar-refractivity contribution is 6.30. The Labute approximate surface area is 171 Å². The average Bonchev–Trinajstić information content (AvgIpc) is 2.69. The quantitative estimate of drug-likeness (QED) is 0.759. The minimum absolute atomic E-state index is 0.00731. The molecule has 1 aromatic carbocycles. The van der Waals surface area contributed by atoms with Gasteiger partial charge in [-0.15, -0.1) is 0 Å². The molecule has 0 saturated carbocycles. The van der Waals surface area contributed by atoms with Gasteiger partial charge >= 0.3 is 6.09 Å². The van der Waals surface area contributed by atoms with Gasteiger partial charge in [-0.05, 0) is 37.5 Å². The van der Waals surface area contributed by atoms with E-state index in [2.05, 4.69) is 18.4 Å². The van der Waals surface area contributed by atoms with Gasteiger partial charge in [0.1, 0.15) is 6.61 Å². The second kappa shape index (κ2) is 9.74. The van der Waals surface area contributed by atoms with Crippen molar-refractivity contribution in [2.45, 2.75) is 44.1 Å². The lowest BCUT2D eigenvalue weighted by Crippen LogP contribution is -2.62. The van der Waals surface area contributed by atoms with Crippen LogP contribution in [-0.2, 0) is 15.9 Å². The summed E-state index contributed by atoms with van der Waals surface area (Å²) < 4.78 is 11.0. The first-order chi connectivity index (χ1) is 13.5. The standard InChI is InChI=1S/C21H29ClN2O4/c1-3-10-27-21(26)23-9-8-19(20(25)13-23)24-12-15(2)28-14-18(24)11-16-4-6-17(22)7-5-16/h3-7,15,18-20,25H,1,8-14H2,2H3/t15-,18-,19+,20+/m0/s1. The Bertz CT molecular complexity index is 669. The molecule has 0 spiro atoms. The SMILES string of the molecule is C=CCOC(=O)N1CC[C@@H](N2C[C@H](C)OC[C@@H]2Cc2ccc(Cl)cc2)[C@H](O)C1. The third-order valence-electron chi connectivity index (χ3n) is 5.45. The average molecular weight is 409 g/mol. The lowest BCUT2D eigenvalue weighted by atomic mass is 9.94. The maximum atomic E-state index is 12.1. The molecule has 6 nitrogen and oxygen atoms in total. The highest BCUT2D eigenvalue weighted by Gasteiger charge is 2.39. The second-order valence-corrected chi connectivity index (χ2v) is 8.00. The van der Waals surface area contributed by atoms with Gasteiger partial charge in [0.15, 0.2) is 0 Å². The van der Waals surface area contributed by atoms with E-state index in [1.165, 1.54) is 11.6 Å². The zero-order valence-electron chi connectivity index (χ0n) is 16.3. The molecule has 0 unspecified atom stereocenters. The molecule has 2 aliphatic rings. The molecule has 2 fully saturated rings. The number of aliphatic hydroxyl groups is 1. The minimum atomic E-state index is -0.622. The van der Waals surface area contributed by atoms with Gasteiger partial charge in [0.2, 0.25) is 0 Å². The summed E-state index contributed by atoms with van der Waals surface area (Å²) >= 11 is 6.00. The summed E-state index contributed by atoms with van der Waals surface area (Å²) in [5.74, 6) is 0. The third kappa shape index (κ3) is 5.26. The number of carbonyl (C=O) groups is 1. The number of ether oxygens (including phenoxy) is 2. The van der Waals surface area contributed by atoms with Crippen LogP contribution in [0, 0.1) is 0 Å². The molecule has 2 heterocycles. The Morgan fingerprint density at radius 2 is 2.14 bits per heavy atom. The summed E-state index contributed by atoms with van der Waals surface area (Å²) in [5, 5.41) is 11.5. The molecule has 28 heavy (non-hydrogen) atoms. The van der Waals surface area contributed by atoms with Gasteiger partial charge in [-0.1, -0.05) is 36.4 Å². The fourth-order valence-corrected chi connectivity index (χ4v) is 4.16. The van der Waals surface area contributed by atoms with Crippen LogP contribution < -0.4 is 0 Å². The number of rotatable bonds is 5. The third-order valence-corrected chi connectivity index (χ3v) is 5.70. The van der Waals surface area contributed by atoms with Crippen LogP contribution in [0.1, 0.15) is 18.9 Å². The first-order valence-electron chi connectivity index (χ1n) is 9.80. The molecular formula is C21H29ClN2O4. The minimum Gasteiger partial charge on any atom is -0.445 e. The van der Waals surface area contributed by atoms with E-state index in [9.17, 15) is 9.90 Å². The first kappa shape index (κ1) is 21.1. The van der Waals surface area contributed by atoms with Gasteiger partial charge in [-0.2, -0.15) is 0 Å². The van der Waals surface area contributed by atoms with E-state index in [0.29, 0.717) is 19.6 Å². The Morgan fingerprint density at radius 3 is 2.82 bits per heavy atom. The number of nitrogens with zero attached hydrogens (tertiary/aromatic N) is 2. The van der Waals surface area contributed by atoms with Crippen molar-refractivity contribution in [3.63, 3.8) is 0 Å². The molecule has 0 radical (unpaired) electrons. The van der Waals surface area contributed by atoms with Crippen molar-refractivity contribution in [1.29, 1.82) is 0 Å². The van der Waals surface area contributed by atoms with Crippen LogP contribution in [-0.4, -0.2) is 78.1 Å². The number of carbonyl (C=O) groups excluding carboxylic acids is 1. The monoisotopic (exact) mass is 408 g/mol. The van der Waals surface area contributed by atoms with E-state index >= 15 is 0 Å². The van der Waals surface area contributed by atoms with Crippen LogP contribution in [0.5, 0.6) is 0 Å². The number of β-amino-alcohol motifs (C(OH)–C–C–N with tert-alkyl or cyclic N) is 1. The van der Waals surface area contributed by atoms with E-state index in [1.807, 2.05) is 24.3 Å². The number of hydrogen-bond donors (Lipinski definition) is 1. The lowest BCUT2D eigenvalue weighted by Gasteiger charge is -2.47. The normalized spacial score (nSPS) is 28.8. The Morgan fingerprint density at radius 1 is 1.39 bits per heavy atom. The molecule has 154 valence electrons. The molecule has 0 aliphatic carbocycles. The molecular weight excluding hydrogens is 380 g/mol. The van der Waals surface area contributed by atoms with Gasteiger partial charge in [0.25, 0.3) is 0 Å². The van der Waals surface area contributed by atoms with E-state index < -0.39 is 12.2 Å². The van der Waals surface area contributed by atoms with Crippen molar-refractivity contribution >= 4 is 17.7 Å². The summed E-state index contributed by atoms with van der Waals surface area (Å²) in [5.41, 5.74) is 1.19. The fourth-order valence-electron chi connectivity index (χ4n) is 4.04. The summed E-state index contributed by atoms with van der Waals surface area (Å²) in [6, 6.07) is 8.04. The molecule has 2 aliphatic heterocycles. The molecule has 1 amide bonds. The van der Waals surface area contributed by atoms with Crippen LogP contribution in [0.25, 0.3) is 0 Å². The largest absolute Gasteiger partial charge is 0.445 e. The van der Waals surface area contributed by atoms with E-state index in [-0.39, 0.29) is 31.3 Å². The summed E-state index contributed by atoms with van der Waals surface area (Å²) in [4.78, 5) is 16.0. The van der Waals surface area contributed by atoms with Crippen molar-refractivity contribution in [3.8, 4) is 0 Å². The number of halogens is 1. The fraction of sp³-hybridized carbons (Fsp3) is 0.571. The molecule has 0 aromatic heterocycles. The Hall–Kier alpha value is -1.60. The molecule has 1 aromatic rings. The number of hydrogen-bond acceptors (Lipinski definition) is 5. The van der Waals surface area contributed by atoms with Gasteiger partial charge in [0.05, 0.1) is 25.4 Å². The topological polar surface area (TPSA) is 62.2 Å². The molecule has 0 bridgehead atoms. The van der Waals surface area contributed by atoms with E-state index in [0.717, 1.165) is 18.0 Å². The van der Waals surface area contributed by atoms with Crippen molar-refractivity contribution < 1.29 is 19.4 Å². The maximum Gasteiger partial charge on any atom is 0.410 e. The first-order valence-corrected chi connectivity index (χ1v) is 10.2. The Balaban J connectivity index is 1.65. The maximum absolute atomic E-state index is 12.1. The molecule has 1 N–H and O–H groups in total. The van der Waals surface area contributed by atoms with Crippen molar-refractivity contribution in [1.82, 2.24) is 9.80 Å². The predicted molar refractivity (Wildman–Crippen MR) is 109 cm³/mol. The highest BCUT2D eigenvalue weighted by atomic mass is 35.5. The number of likely N-dealkylation sites (tertiary alicyclic amines) is 1. The molecule has 4 atom stereocenters. The second-order valence-electron chi connectivity index (χ2n) is 7.56. The van der Waals surface area contributed by atoms with Gasteiger partial charge in [-0.25, -0.2) is 4.79 Å². The van der Waals surface area contributed by atoms with Gasteiger partial charge < -0.3 is 19.5 Å². The summed E-state index contributed by atoms with van der Waals surface area (Å²) in [6.45, 7) is 8.02. The molecule has 7 heteroatoms. The smallest absolute Gasteiger partial charge is 0.410 e. The highest BCUT2D eigenvalue weighted by Crippen LogP contribution is 2.26. The number of amides is 1. The number of benzene rings is 1. The van der Waals surface area contributed by atoms with Crippen molar-refractivity contribution in [2.75, 3.05) is 32.8 Å². The molecule has 2 saturated heterocycles. The van der Waals surface area contributed by atoms with Crippen molar-refractivity contribution in [2.24, 2.45) is 0 Å². The number of piperidine rings is 1.